The maximum Gasteiger partial charge on any atom is 0.195 e. The van der Waals surface area contributed by atoms with Crippen LogP contribution in [0.5, 0.6) is 0 Å². The van der Waals surface area contributed by atoms with Crippen LogP contribution in [0.15, 0.2) is 20.0 Å². The van der Waals surface area contributed by atoms with Gasteiger partial charge in [-0.2, -0.15) is 0 Å². The maximum atomic E-state index is 4.36. The summed E-state index contributed by atoms with van der Waals surface area (Å²) in [5.74, 6) is 0.839. The molecule has 1 aromatic carbocycles. The van der Waals surface area contributed by atoms with E-state index in [1.807, 2.05) is 14.1 Å². The van der Waals surface area contributed by atoms with Crippen LogP contribution in [0.1, 0.15) is 5.56 Å². The Kier molecular flexibility index (Phi) is 4.17. The lowest BCUT2D eigenvalue weighted by atomic mass is 10.1. The molecule has 0 aliphatic carbocycles. The molecule has 0 unspecified atom stereocenters. The van der Waals surface area contributed by atoms with Crippen molar-refractivity contribution in [2.45, 2.75) is 6.92 Å². The van der Waals surface area contributed by atoms with Crippen molar-refractivity contribution >= 4 is 49.2 Å². The zero-order valence-corrected chi connectivity index (χ0v) is 13.8. The summed E-state index contributed by atoms with van der Waals surface area (Å²) < 4.78 is 2.10. The Morgan fingerprint density at radius 2 is 2.06 bits per heavy atom. The molecule has 0 aromatic heterocycles. The fourth-order valence-electron chi connectivity index (χ4n) is 2.03. The first-order valence-electron chi connectivity index (χ1n) is 5.72. The third-order valence-electron chi connectivity index (χ3n) is 2.81. The van der Waals surface area contributed by atoms with Gasteiger partial charge in [0, 0.05) is 29.6 Å². The van der Waals surface area contributed by atoms with Crippen molar-refractivity contribution in [3.8, 4) is 0 Å². The normalized spacial score (nSPS) is 14.2. The lowest BCUT2D eigenvalue weighted by Gasteiger charge is -2.22. The molecule has 4 nitrogen and oxygen atoms in total. The summed E-state index contributed by atoms with van der Waals surface area (Å²) >= 11 is 7.19. The molecule has 1 aliphatic rings. The van der Waals surface area contributed by atoms with E-state index in [1.54, 1.807) is 0 Å². The summed E-state index contributed by atoms with van der Waals surface area (Å²) in [4.78, 5) is 6.46. The molecule has 1 heterocycles. The summed E-state index contributed by atoms with van der Waals surface area (Å²) in [5, 5.41) is 6.56. The lowest BCUT2D eigenvalue weighted by Crippen LogP contribution is -2.27. The molecule has 2 N–H and O–H groups in total. The van der Waals surface area contributed by atoms with E-state index < -0.39 is 0 Å². The molecular formula is C12H16Br2N4. The first-order valence-corrected chi connectivity index (χ1v) is 7.30. The van der Waals surface area contributed by atoms with Crippen molar-refractivity contribution < 1.29 is 0 Å². The molecule has 0 amide bonds. The fraction of sp³-hybridized carbons (Fsp3) is 0.417. The van der Waals surface area contributed by atoms with Gasteiger partial charge < -0.3 is 15.5 Å². The molecule has 0 bridgehead atoms. The molecule has 0 saturated carbocycles. The highest BCUT2D eigenvalue weighted by atomic mass is 79.9. The van der Waals surface area contributed by atoms with E-state index in [0.29, 0.717) is 0 Å². The molecule has 98 valence electrons. The third kappa shape index (κ3) is 2.64. The Morgan fingerprint density at radius 1 is 1.33 bits per heavy atom. The second kappa shape index (κ2) is 5.48. The molecule has 2 rings (SSSR count). The maximum absolute atomic E-state index is 4.36. The van der Waals surface area contributed by atoms with Crippen molar-refractivity contribution in [1.82, 2.24) is 5.32 Å². The van der Waals surface area contributed by atoms with Gasteiger partial charge in [0.1, 0.15) is 0 Å². The molecule has 0 spiro atoms. The number of nitrogens with one attached hydrogen (secondary N) is 2. The number of benzene rings is 1. The number of hydrogen-bond donors (Lipinski definition) is 2. The fourth-order valence-corrected chi connectivity index (χ4v) is 3.84. The van der Waals surface area contributed by atoms with Crippen LogP contribution >= 0.6 is 31.9 Å². The minimum atomic E-state index is 0.829. The summed E-state index contributed by atoms with van der Waals surface area (Å²) in [7, 11) is 4.08. The molecule has 1 aromatic rings. The van der Waals surface area contributed by atoms with Gasteiger partial charge in [0.25, 0.3) is 0 Å². The molecule has 18 heavy (non-hydrogen) atoms. The molecule has 0 radical (unpaired) electrons. The first kappa shape index (κ1) is 13.7. The zero-order chi connectivity index (χ0) is 13.3. The number of aliphatic imine (C=N–C) groups is 1. The standard InChI is InChI=1S/C12H16Br2N4/c1-7-10(17-12-15-4-5-16-12)8(13)6-9(14)11(7)18(2)3/h6H,4-5H2,1-3H3,(H2,15,16,17). The van der Waals surface area contributed by atoms with Gasteiger partial charge in [0.15, 0.2) is 5.96 Å². The van der Waals surface area contributed by atoms with E-state index >= 15 is 0 Å². The molecule has 0 atom stereocenters. The molecule has 1 aliphatic heterocycles. The Labute approximate surface area is 124 Å². The molecular weight excluding hydrogens is 360 g/mol. The van der Waals surface area contributed by atoms with Gasteiger partial charge >= 0.3 is 0 Å². The molecule has 6 heteroatoms. The highest BCUT2D eigenvalue weighted by Crippen LogP contribution is 2.39. The van der Waals surface area contributed by atoms with Crippen LogP contribution < -0.4 is 15.5 Å². The third-order valence-corrected chi connectivity index (χ3v) is 4.04. The molecule has 0 saturated heterocycles. The van der Waals surface area contributed by atoms with Crippen LogP contribution in [-0.4, -0.2) is 33.1 Å². The lowest BCUT2D eigenvalue weighted by molar-refractivity contribution is 0.959. The Morgan fingerprint density at radius 3 is 2.61 bits per heavy atom. The van der Waals surface area contributed by atoms with Crippen LogP contribution in [0.2, 0.25) is 0 Å². The van der Waals surface area contributed by atoms with Gasteiger partial charge in [-0.1, -0.05) is 0 Å². The second-order valence-electron chi connectivity index (χ2n) is 4.37. The summed E-state index contributed by atoms with van der Waals surface area (Å²) in [6.07, 6.45) is 0. The van der Waals surface area contributed by atoms with Crippen LogP contribution in [0, 0.1) is 6.92 Å². The topological polar surface area (TPSA) is 39.7 Å². The van der Waals surface area contributed by atoms with Gasteiger partial charge in [0.2, 0.25) is 0 Å². The summed E-state index contributed by atoms with van der Waals surface area (Å²) in [5.41, 5.74) is 3.40. The van der Waals surface area contributed by atoms with Gasteiger partial charge in [-0.25, -0.2) is 0 Å². The molecule has 0 fully saturated rings. The van der Waals surface area contributed by atoms with Crippen molar-refractivity contribution in [3.63, 3.8) is 0 Å². The second-order valence-corrected chi connectivity index (χ2v) is 6.07. The highest BCUT2D eigenvalue weighted by molar-refractivity contribution is 9.11. The Hall–Kier alpha value is -0.750. The largest absolute Gasteiger partial charge is 0.376 e. The minimum absolute atomic E-state index is 0.829. The van der Waals surface area contributed by atoms with Crippen molar-refractivity contribution in [2.75, 3.05) is 37.4 Å². The van der Waals surface area contributed by atoms with E-state index in [0.717, 1.165) is 33.7 Å². The van der Waals surface area contributed by atoms with Gasteiger partial charge in [-0.05, 0) is 50.4 Å². The van der Waals surface area contributed by atoms with Crippen molar-refractivity contribution in [3.05, 3.63) is 20.6 Å². The van der Waals surface area contributed by atoms with Crippen molar-refractivity contribution in [1.29, 1.82) is 0 Å². The average molecular weight is 376 g/mol. The number of anilines is 2. The van der Waals surface area contributed by atoms with E-state index in [9.17, 15) is 0 Å². The summed E-state index contributed by atoms with van der Waals surface area (Å²) in [6.45, 7) is 3.83. The Bertz CT molecular complexity index is 497. The van der Waals surface area contributed by atoms with Crippen LogP contribution in [-0.2, 0) is 0 Å². The summed E-state index contributed by atoms with van der Waals surface area (Å²) in [6, 6.07) is 2.06. The highest BCUT2D eigenvalue weighted by Gasteiger charge is 2.16. The van der Waals surface area contributed by atoms with E-state index in [-0.39, 0.29) is 0 Å². The van der Waals surface area contributed by atoms with E-state index in [2.05, 4.69) is 65.4 Å². The average Bonchev–Trinajstić information content (AvgIpc) is 2.75. The number of rotatable bonds is 2. The first-order chi connectivity index (χ1) is 8.50. The van der Waals surface area contributed by atoms with E-state index in [1.165, 1.54) is 11.3 Å². The minimum Gasteiger partial charge on any atom is -0.376 e. The van der Waals surface area contributed by atoms with E-state index in [4.69, 9.17) is 0 Å². The number of halogens is 2. The quantitative estimate of drug-likeness (QED) is 0.834. The van der Waals surface area contributed by atoms with Crippen LogP contribution in [0.3, 0.4) is 0 Å². The van der Waals surface area contributed by atoms with Crippen LogP contribution in [0.25, 0.3) is 0 Å². The predicted molar refractivity (Wildman–Crippen MR) is 84.8 cm³/mol. The van der Waals surface area contributed by atoms with Gasteiger partial charge in [0.05, 0.1) is 17.9 Å². The van der Waals surface area contributed by atoms with Crippen molar-refractivity contribution in [2.24, 2.45) is 4.99 Å². The number of nitrogens with zero attached hydrogens (tertiary/aromatic N) is 2. The SMILES string of the molecule is Cc1c(NC2=NCCN2)c(Br)cc(Br)c1N(C)C. The van der Waals surface area contributed by atoms with Crippen LogP contribution in [0.4, 0.5) is 11.4 Å². The van der Waals surface area contributed by atoms with Gasteiger partial charge in [-0.3, -0.25) is 4.99 Å². The number of hydrogen-bond acceptors (Lipinski definition) is 4. The van der Waals surface area contributed by atoms with Gasteiger partial charge in [-0.15, -0.1) is 0 Å². The Balaban J connectivity index is 2.42. The predicted octanol–water partition coefficient (Wildman–Crippen LogP) is 2.96. The smallest absolute Gasteiger partial charge is 0.195 e. The number of guanidine groups is 1. The monoisotopic (exact) mass is 374 g/mol. The zero-order valence-electron chi connectivity index (χ0n) is 10.6.